The van der Waals surface area contributed by atoms with Gasteiger partial charge < -0.3 is 4.43 Å². The van der Waals surface area contributed by atoms with Gasteiger partial charge in [-0.05, 0) is 25.1 Å². The summed E-state index contributed by atoms with van der Waals surface area (Å²) in [5.41, 5.74) is 0. The Hall–Kier alpha value is 0.177. The molecule has 0 heterocycles. The van der Waals surface area contributed by atoms with Crippen molar-refractivity contribution in [3.05, 3.63) is 0 Å². The summed E-state index contributed by atoms with van der Waals surface area (Å²) >= 11 is 0. The lowest BCUT2D eigenvalue weighted by molar-refractivity contribution is 0.399. The number of rotatable bonds is 5. The fourth-order valence-electron chi connectivity index (χ4n) is 1.04. The molecule has 2 heteroatoms. The predicted octanol–water partition coefficient (Wildman–Crippen LogP) is 3.27. The van der Waals surface area contributed by atoms with E-state index in [9.17, 15) is 0 Å². The van der Waals surface area contributed by atoms with Crippen LogP contribution in [0.4, 0.5) is 0 Å². The van der Waals surface area contributed by atoms with Crippen molar-refractivity contribution in [1.82, 2.24) is 0 Å². The van der Waals surface area contributed by atoms with Crippen LogP contribution in [0.5, 0.6) is 0 Å². The molecule has 0 aliphatic heterocycles. The third kappa shape index (κ3) is 6.57. The Balaban J connectivity index is 3.38. The Labute approximate surface area is 72.3 Å². The van der Waals surface area contributed by atoms with Crippen molar-refractivity contribution in [3.8, 4) is 0 Å². The molecular weight excluding hydrogens is 152 g/mol. The molecule has 0 atom stereocenters. The topological polar surface area (TPSA) is 9.23 Å². The Kier molecular flexibility index (Phi) is 5.02. The third-order valence-corrected chi connectivity index (χ3v) is 4.78. The summed E-state index contributed by atoms with van der Waals surface area (Å²) in [6.07, 6.45) is 2.69. The van der Waals surface area contributed by atoms with Crippen molar-refractivity contribution in [1.29, 1.82) is 0 Å². The third-order valence-electron chi connectivity index (χ3n) is 2.11. The van der Waals surface area contributed by atoms with E-state index >= 15 is 0 Å². The van der Waals surface area contributed by atoms with Gasteiger partial charge in [-0.3, -0.25) is 0 Å². The van der Waals surface area contributed by atoms with E-state index in [2.05, 4.69) is 26.9 Å². The summed E-state index contributed by atoms with van der Waals surface area (Å²) < 4.78 is 5.46. The van der Waals surface area contributed by atoms with Gasteiger partial charge in [0.05, 0.1) is 0 Å². The molecule has 0 radical (unpaired) electrons. The zero-order valence-electron chi connectivity index (χ0n) is 8.61. The first-order valence-corrected chi connectivity index (χ1v) is 7.64. The Morgan fingerprint density at radius 2 is 1.82 bits per heavy atom. The molecule has 0 aliphatic carbocycles. The zero-order valence-corrected chi connectivity index (χ0v) is 9.61. The minimum Gasteiger partial charge on any atom is -0.420 e. The van der Waals surface area contributed by atoms with Crippen molar-refractivity contribution >= 4 is 8.32 Å². The molecule has 0 rings (SSSR count). The Bertz CT molecular complexity index is 99.7. The van der Waals surface area contributed by atoms with E-state index in [1.165, 1.54) is 18.9 Å². The summed E-state index contributed by atoms with van der Waals surface area (Å²) in [5, 5.41) is 0. The van der Waals surface area contributed by atoms with Crippen molar-refractivity contribution in [3.63, 3.8) is 0 Å². The van der Waals surface area contributed by atoms with E-state index < -0.39 is 8.32 Å². The van der Waals surface area contributed by atoms with E-state index in [0.717, 1.165) is 5.92 Å². The van der Waals surface area contributed by atoms with Crippen molar-refractivity contribution in [2.45, 2.75) is 45.8 Å². The number of hydrogen-bond donors (Lipinski definition) is 0. The van der Waals surface area contributed by atoms with E-state index in [4.69, 9.17) is 4.43 Å². The first-order chi connectivity index (χ1) is 4.98. The van der Waals surface area contributed by atoms with Gasteiger partial charge in [0.2, 0.25) is 0 Å². The van der Waals surface area contributed by atoms with Gasteiger partial charge in [0.25, 0.3) is 0 Å². The van der Waals surface area contributed by atoms with Crippen LogP contribution in [0.3, 0.4) is 0 Å². The standard InChI is InChI=1S/C9H22OSi/c1-9(2)7-6-8-11(4,5)10-3/h9H,6-8H2,1-5H3. The molecule has 0 amide bonds. The maximum absolute atomic E-state index is 5.46. The molecule has 0 aromatic carbocycles. The lowest BCUT2D eigenvalue weighted by Crippen LogP contribution is -2.28. The quantitative estimate of drug-likeness (QED) is 0.581. The monoisotopic (exact) mass is 174 g/mol. The molecule has 0 aromatic heterocycles. The highest BCUT2D eigenvalue weighted by Crippen LogP contribution is 2.16. The van der Waals surface area contributed by atoms with Gasteiger partial charge in [-0.1, -0.05) is 26.7 Å². The summed E-state index contributed by atoms with van der Waals surface area (Å²) in [6.45, 7) is 9.13. The zero-order chi connectivity index (χ0) is 8.91. The Morgan fingerprint density at radius 1 is 1.27 bits per heavy atom. The lowest BCUT2D eigenvalue weighted by atomic mass is 10.1. The molecule has 0 bridgehead atoms. The van der Waals surface area contributed by atoms with Crippen LogP contribution in [0.2, 0.25) is 19.1 Å². The molecule has 0 aromatic rings. The molecule has 68 valence electrons. The lowest BCUT2D eigenvalue weighted by Gasteiger charge is -2.19. The summed E-state index contributed by atoms with van der Waals surface area (Å²) in [4.78, 5) is 0. The van der Waals surface area contributed by atoms with E-state index in [1.807, 2.05) is 7.11 Å². The summed E-state index contributed by atoms with van der Waals surface area (Å²) in [6, 6.07) is 1.31. The van der Waals surface area contributed by atoms with Crippen molar-refractivity contribution < 1.29 is 4.43 Å². The summed E-state index contributed by atoms with van der Waals surface area (Å²) in [7, 11) is 0.605. The predicted molar refractivity (Wildman–Crippen MR) is 53.4 cm³/mol. The maximum atomic E-state index is 5.46. The van der Waals surface area contributed by atoms with Gasteiger partial charge >= 0.3 is 0 Å². The van der Waals surface area contributed by atoms with E-state index in [1.54, 1.807) is 0 Å². The van der Waals surface area contributed by atoms with Gasteiger partial charge in [-0.15, -0.1) is 0 Å². The van der Waals surface area contributed by atoms with Crippen LogP contribution in [-0.4, -0.2) is 15.4 Å². The summed E-state index contributed by atoms with van der Waals surface area (Å²) in [5.74, 6) is 0.844. The number of hydrogen-bond acceptors (Lipinski definition) is 1. The largest absolute Gasteiger partial charge is 0.420 e. The van der Waals surface area contributed by atoms with Gasteiger partial charge in [-0.25, -0.2) is 0 Å². The van der Waals surface area contributed by atoms with Crippen LogP contribution in [0.15, 0.2) is 0 Å². The van der Waals surface area contributed by atoms with Crippen molar-refractivity contribution in [2.75, 3.05) is 7.11 Å². The highest BCUT2D eigenvalue weighted by atomic mass is 28.4. The second kappa shape index (κ2) is 4.94. The maximum Gasteiger partial charge on any atom is 0.186 e. The molecule has 0 aliphatic rings. The van der Waals surface area contributed by atoms with Crippen LogP contribution in [0, 0.1) is 5.92 Å². The minimum atomic E-state index is -1.24. The van der Waals surface area contributed by atoms with Crippen LogP contribution in [0.25, 0.3) is 0 Å². The minimum absolute atomic E-state index is 0.844. The van der Waals surface area contributed by atoms with Crippen LogP contribution in [-0.2, 0) is 4.43 Å². The molecule has 0 unspecified atom stereocenters. The van der Waals surface area contributed by atoms with Gasteiger partial charge in [-0.2, -0.15) is 0 Å². The SMILES string of the molecule is CO[Si](C)(C)CCCC(C)C. The molecule has 11 heavy (non-hydrogen) atoms. The molecule has 0 saturated heterocycles. The average Bonchev–Trinajstić information content (AvgIpc) is 1.87. The second-order valence-electron chi connectivity index (χ2n) is 4.25. The molecule has 0 fully saturated rings. The molecule has 0 saturated carbocycles. The Morgan fingerprint density at radius 3 is 2.18 bits per heavy atom. The fraction of sp³-hybridized carbons (Fsp3) is 1.00. The highest BCUT2D eigenvalue weighted by Gasteiger charge is 2.19. The molecular formula is C9H22OSi. The molecule has 0 spiro atoms. The van der Waals surface area contributed by atoms with Crippen molar-refractivity contribution in [2.24, 2.45) is 5.92 Å². The van der Waals surface area contributed by atoms with Crippen LogP contribution in [0.1, 0.15) is 26.7 Å². The van der Waals surface area contributed by atoms with Gasteiger partial charge in [0.15, 0.2) is 8.32 Å². The fourth-order valence-corrected chi connectivity index (χ4v) is 2.30. The van der Waals surface area contributed by atoms with E-state index in [0.29, 0.717) is 0 Å². The first kappa shape index (κ1) is 11.2. The van der Waals surface area contributed by atoms with Crippen LogP contribution < -0.4 is 0 Å². The van der Waals surface area contributed by atoms with E-state index in [-0.39, 0.29) is 0 Å². The first-order valence-electron chi connectivity index (χ1n) is 4.53. The van der Waals surface area contributed by atoms with Crippen LogP contribution >= 0.6 is 0 Å². The normalized spacial score (nSPS) is 12.5. The van der Waals surface area contributed by atoms with Gasteiger partial charge in [0, 0.05) is 7.11 Å². The average molecular weight is 174 g/mol. The molecule has 1 nitrogen and oxygen atoms in total. The van der Waals surface area contributed by atoms with Gasteiger partial charge in [0.1, 0.15) is 0 Å². The molecule has 0 N–H and O–H groups in total. The highest BCUT2D eigenvalue weighted by molar-refractivity contribution is 6.71. The smallest absolute Gasteiger partial charge is 0.186 e. The second-order valence-corrected chi connectivity index (χ2v) is 8.68.